The molecule has 4 atom stereocenters. The second-order valence-electron chi connectivity index (χ2n) is 6.57. The minimum Gasteiger partial charge on any atom is -0.466 e. The number of ether oxygens (including phenoxy) is 1. The first-order chi connectivity index (χ1) is 8.26. The number of Topliss-reactive ketones (excluding diaryl/α,β-unsaturated/α-hetero) is 2. The van der Waals surface area contributed by atoms with Gasteiger partial charge in [0.15, 0.2) is 0 Å². The molecule has 3 fully saturated rings. The maximum atomic E-state index is 12.5. The molecule has 4 heteroatoms. The molecule has 4 nitrogen and oxygen atoms in total. The molecule has 3 aliphatic carbocycles. The van der Waals surface area contributed by atoms with E-state index < -0.39 is 16.2 Å². The number of fused-ring (bicyclic) bond motifs is 1. The standard InChI is InChI=1S/C14H18O4/c1-5-18-11(17)14-8-7(15)6-13(14,4)10(16)12(2,3)9(8)14/h8-9H,5-6H2,1-4H3/t8-,9-,13+,14-/m0/s1. The van der Waals surface area contributed by atoms with Crippen molar-refractivity contribution in [3.8, 4) is 0 Å². The van der Waals surface area contributed by atoms with E-state index in [0.717, 1.165) is 0 Å². The molecular weight excluding hydrogens is 232 g/mol. The van der Waals surface area contributed by atoms with Crippen LogP contribution in [0, 0.1) is 28.1 Å². The van der Waals surface area contributed by atoms with Crippen LogP contribution in [0.3, 0.4) is 0 Å². The third-order valence-corrected chi connectivity index (χ3v) is 5.47. The van der Waals surface area contributed by atoms with Gasteiger partial charge in [-0.2, -0.15) is 0 Å². The number of carbonyl (C=O) groups excluding carboxylic acids is 3. The second kappa shape index (κ2) is 2.86. The topological polar surface area (TPSA) is 60.4 Å². The van der Waals surface area contributed by atoms with E-state index in [1.165, 1.54) is 0 Å². The zero-order valence-corrected chi connectivity index (χ0v) is 11.2. The average molecular weight is 250 g/mol. The Balaban J connectivity index is 2.16. The van der Waals surface area contributed by atoms with Crippen LogP contribution in [0.4, 0.5) is 0 Å². The van der Waals surface area contributed by atoms with Crippen molar-refractivity contribution in [2.75, 3.05) is 6.61 Å². The lowest BCUT2D eigenvalue weighted by Gasteiger charge is -2.28. The molecule has 0 amide bonds. The highest BCUT2D eigenvalue weighted by Gasteiger charge is 2.94. The molecule has 0 aromatic heterocycles. The molecule has 98 valence electrons. The quantitative estimate of drug-likeness (QED) is 0.694. The van der Waals surface area contributed by atoms with Crippen LogP contribution < -0.4 is 0 Å². The second-order valence-corrected chi connectivity index (χ2v) is 6.57. The number of hydrogen-bond acceptors (Lipinski definition) is 4. The van der Waals surface area contributed by atoms with Gasteiger partial charge in [0.25, 0.3) is 0 Å². The molecular formula is C14H18O4. The van der Waals surface area contributed by atoms with Gasteiger partial charge < -0.3 is 4.74 Å². The number of rotatable bonds is 2. The molecule has 0 saturated heterocycles. The third kappa shape index (κ3) is 0.845. The van der Waals surface area contributed by atoms with E-state index in [-0.39, 0.29) is 35.8 Å². The van der Waals surface area contributed by atoms with Crippen molar-refractivity contribution in [2.24, 2.45) is 28.1 Å². The van der Waals surface area contributed by atoms with Gasteiger partial charge >= 0.3 is 5.97 Å². The Bertz CT molecular complexity index is 492. The lowest BCUT2D eigenvalue weighted by atomic mass is 9.72. The van der Waals surface area contributed by atoms with Crippen LogP contribution in [-0.4, -0.2) is 24.1 Å². The predicted octanol–water partition coefficient (Wildman–Crippen LogP) is 1.37. The smallest absolute Gasteiger partial charge is 0.314 e. The third-order valence-electron chi connectivity index (χ3n) is 5.47. The average Bonchev–Trinajstić information content (AvgIpc) is 2.91. The minimum atomic E-state index is -0.847. The zero-order chi connectivity index (χ0) is 13.5. The predicted molar refractivity (Wildman–Crippen MR) is 62.6 cm³/mol. The molecule has 0 N–H and O–H groups in total. The van der Waals surface area contributed by atoms with Crippen molar-refractivity contribution in [3.05, 3.63) is 0 Å². The van der Waals surface area contributed by atoms with Gasteiger partial charge in [0.2, 0.25) is 0 Å². The Labute approximate surface area is 106 Å². The van der Waals surface area contributed by atoms with Gasteiger partial charge in [0.05, 0.1) is 17.4 Å². The van der Waals surface area contributed by atoms with E-state index in [0.29, 0.717) is 6.61 Å². The Hall–Kier alpha value is -1.19. The van der Waals surface area contributed by atoms with Gasteiger partial charge in [0, 0.05) is 17.8 Å². The molecule has 0 aromatic rings. The maximum Gasteiger partial charge on any atom is 0.314 e. The van der Waals surface area contributed by atoms with Crippen LogP contribution in [0.2, 0.25) is 0 Å². The maximum absolute atomic E-state index is 12.5. The summed E-state index contributed by atoms with van der Waals surface area (Å²) < 4.78 is 5.16. The van der Waals surface area contributed by atoms with Crippen molar-refractivity contribution in [1.82, 2.24) is 0 Å². The summed E-state index contributed by atoms with van der Waals surface area (Å²) in [5, 5.41) is 0. The SMILES string of the molecule is CCOC(=O)[C@@]12[C@H]3C(=O)C[C@]1(C)C(=O)C(C)(C)[C@H]32. The fraction of sp³-hybridized carbons (Fsp3) is 0.786. The van der Waals surface area contributed by atoms with Gasteiger partial charge in [-0.1, -0.05) is 20.8 Å². The van der Waals surface area contributed by atoms with Crippen molar-refractivity contribution >= 4 is 17.5 Å². The first-order valence-electron chi connectivity index (χ1n) is 6.51. The number of ketones is 2. The van der Waals surface area contributed by atoms with Crippen molar-refractivity contribution < 1.29 is 19.1 Å². The fourth-order valence-electron chi connectivity index (χ4n) is 4.95. The van der Waals surface area contributed by atoms with E-state index in [4.69, 9.17) is 4.74 Å². The number of esters is 1. The van der Waals surface area contributed by atoms with Crippen LogP contribution >= 0.6 is 0 Å². The first-order valence-corrected chi connectivity index (χ1v) is 6.51. The summed E-state index contributed by atoms with van der Waals surface area (Å²) in [5.41, 5.74) is -2.27. The highest BCUT2D eigenvalue weighted by molar-refractivity contribution is 6.14. The zero-order valence-electron chi connectivity index (χ0n) is 11.2. The van der Waals surface area contributed by atoms with Crippen LogP contribution in [0.5, 0.6) is 0 Å². The van der Waals surface area contributed by atoms with Crippen LogP contribution in [0.15, 0.2) is 0 Å². The highest BCUT2D eigenvalue weighted by Crippen LogP contribution is 2.85. The minimum absolute atomic E-state index is 0.0511. The summed E-state index contributed by atoms with van der Waals surface area (Å²) >= 11 is 0. The van der Waals surface area contributed by atoms with E-state index in [1.54, 1.807) is 13.8 Å². The molecule has 3 rings (SSSR count). The Morgan fingerprint density at radius 2 is 1.94 bits per heavy atom. The van der Waals surface area contributed by atoms with Gasteiger partial charge in [-0.05, 0) is 12.8 Å². The molecule has 0 bridgehead atoms. The molecule has 0 aliphatic heterocycles. The Morgan fingerprint density at radius 1 is 1.33 bits per heavy atom. The monoisotopic (exact) mass is 250 g/mol. The lowest BCUT2D eigenvalue weighted by molar-refractivity contribution is -0.157. The molecule has 0 aromatic carbocycles. The van der Waals surface area contributed by atoms with Gasteiger partial charge in [-0.3, -0.25) is 14.4 Å². The van der Waals surface area contributed by atoms with Crippen molar-refractivity contribution in [1.29, 1.82) is 0 Å². The number of hydrogen-bond donors (Lipinski definition) is 0. The molecule has 18 heavy (non-hydrogen) atoms. The molecule has 0 radical (unpaired) electrons. The highest BCUT2D eigenvalue weighted by atomic mass is 16.5. The van der Waals surface area contributed by atoms with Gasteiger partial charge in [-0.15, -0.1) is 0 Å². The largest absolute Gasteiger partial charge is 0.466 e. The summed E-state index contributed by atoms with van der Waals surface area (Å²) in [4.78, 5) is 36.9. The Morgan fingerprint density at radius 3 is 2.44 bits per heavy atom. The van der Waals surface area contributed by atoms with Gasteiger partial charge in [0.1, 0.15) is 11.6 Å². The molecule has 3 aliphatic rings. The molecule has 0 unspecified atom stereocenters. The van der Waals surface area contributed by atoms with E-state index in [1.807, 2.05) is 13.8 Å². The van der Waals surface area contributed by atoms with Crippen LogP contribution in [0.25, 0.3) is 0 Å². The van der Waals surface area contributed by atoms with Crippen molar-refractivity contribution in [2.45, 2.75) is 34.1 Å². The summed E-state index contributed by atoms with van der Waals surface area (Å²) in [6, 6.07) is 0. The molecule has 3 saturated carbocycles. The van der Waals surface area contributed by atoms with Crippen LogP contribution in [0.1, 0.15) is 34.1 Å². The summed E-state index contributed by atoms with van der Waals surface area (Å²) in [6.07, 6.45) is 0.204. The summed E-state index contributed by atoms with van der Waals surface area (Å²) in [7, 11) is 0. The fourth-order valence-corrected chi connectivity index (χ4v) is 4.95. The summed E-state index contributed by atoms with van der Waals surface area (Å²) in [6.45, 7) is 7.54. The molecule has 0 spiro atoms. The van der Waals surface area contributed by atoms with E-state index >= 15 is 0 Å². The lowest BCUT2D eigenvalue weighted by Crippen LogP contribution is -2.39. The summed E-state index contributed by atoms with van der Waals surface area (Å²) in [5.74, 6) is -0.658. The number of carbonyl (C=O) groups is 3. The van der Waals surface area contributed by atoms with E-state index in [9.17, 15) is 14.4 Å². The Kier molecular flexibility index (Phi) is 1.89. The van der Waals surface area contributed by atoms with Gasteiger partial charge in [-0.25, -0.2) is 0 Å². The van der Waals surface area contributed by atoms with Crippen LogP contribution in [-0.2, 0) is 19.1 Å². The normalized spacial score (nSPS) is 47.1. The first kappa shape index (κ1) is 11.9. The molecule has 0 heterocycles. The van der Waals surface area contributed by atoms with Crippen molar-refractivity contribution in [3.63, 3.8) is 0 Å². The van der Waals surface area contributed by atoms with E-state index in [2.05, 4.69) is 0 Å².